The van der Waals surface area contributed by atoms with Gasteiger partial charge in [-0.2, -0.15) is 4.31 Å². The van der Waals surface area contributed by atoms with Gasteiger partial charge >= 0.3 is 0 Å². The molecule has 4 rings (SSSR count). The molecule has 2 aliphatic heterocycles. The number of benzene rings is 2. The van der Waals surface area contributed by atoms with E-state index < -0.39 is 10.0 Å². The maximum absolute atomic E-state index is 12.7. The van der Waals surface area contributed by atoms with E-state index >= 15 is 0 Å². The summed E-state index contributed by atoms with van der Waals surface area (Å²) in [5.74, 6) is -0.0829. The van der Waals surface area contributed by atoms with Gasteiger partial charge in [-0.1, -0.05) is 29.8 Å². The molecule has 0 aliphatic carbocycles. The summed E-state index contributed by atoms with van der Waals surface area (Å²) in [6, 6.07) is 14.2. The summed E-state index contributed by atoms with van der Waals surface area (Å²) in [5.41, 5.74) is 1.71. The van der Waals surface area contributed by atoms with Gasteiger partial charge in [-0.05, 0) is 61.8 Å². The van der Waals surface area contributed by atoms with Crippen molar-refractivity contribution < 1.29 is 17.9 Å². The first-order chi connectivity index (χ1) is 15.4. The number of piperidine rings is 1. The van der Waals surface area contributed by atoms with Crippen LogP contribution in [0.1, 0.15) is 18.4 Å². The lowest BCUT2D eigenvalue weighted by Gasteiger charge is -2.31. The first kappa shape index (κ1) is 23.2. The number of amides is 1. The molecule has 0 bridgehead atoms. The summed E-state index contributed by atoms with van der Waals surface area (Å²) in [6.45, 7) is 3.98. The lowest BCUT2D eigenvalue weighted by molar-refractivity contribution is -0.121. The van der Waals surface area contributed by atoms with Crippen molar-refractivity contribution in [2.45, 2.75) is 24.3 Å². The van der Waals surface area contributed by atoms with E-state index in [1.165, 1.54) is 4.31 Å². The second-order valence-electron chi connectivity index (χ2n) is 8.17. The maximum Gasteiger partial charge on any atom is 0.243 e. The molecule has 0 saturated carbocycles. The Kier molecular flexibility index (Phi) is 7.48. The summed E-state index contributed by atoms with van der Waals surface area (Å²) in [7, 11) is -3.54. The summed E-state index contributed by atoms with van der Waals surface area (Å²) in [6.07, 6.45) is 1.56. The average molecular weight is 478 g/mol. The van der Waals surface area contributed by atoms with Crippen molar-refractivity contribution in [3.8, 4) is 0 Å². The third kappa shape index (κ3) is 5.50. The highest BCUT2D eigenvalue weighted by molar-refractivity contribution is 7.89. The fraction of sp³-hybridized carbons (Fsp3) is 0.435. The molecule has 0 atom stereocenters. The zero-order valence-corrected chi connectivity index (χ0v) is 19.4. The normalized spacial score (nSPS) is 19.0. The minimum atomic E-state index is -3.54. The number of hydrogen-bond donors (Lipinski definition) is 1. The Morgan fingerprint density at radius 2 is 1.66 bits per heavy atom. The Morgan fingerprint density at radius 3 is 2.31 bits per heavy atom. The first-order valence-electron chi connectivity index (χ1n) is 10.9. The van der Waals surface area contributed by atoms with Crippen molar-refractivity contribution >= 4 is 33.2 Å². The Bertz CT molecular complexity index is 1030. The zero-order valence-electron chi connectivity index (χ0n) is 17.9. The first-order valence-corrected chi connectivity index (χ1v) is 12.7. The number of rotatable bonds is 6. The van der Waals surface area contributed by atoms with Gasteiger partial charge in [0.15, 0.2) is 0 Å². The van der Waals surface area contributed by atoms with E-state index in [1.807, 2.05) is 24.3 Å². The van der Waals surface area contributed by atoms with E-state index in [4.69, 9.17) is 16.3 Å². The fourth-order valence-corrected chi connectivity index (χ4v) is 5.71. The van der Waals surface area contributed by atoms with Crippen molar-refractivity contribution in [3.05, 3.63) is 59.1 Å². The number of nitrogens with zero attached hydrogens (tertiary/aromatic N) is 2. The van der Waals surface area contributed by atoms with Crippen LogP contribution in [0.4, 0.5) is 5.69 Å². The molecular formula is C23H28ClN3O4S. The van der Waals surface area contributed by atoms with Crippen molar-refractivity contribution in [2.24, 2.45) is 5.92 Å². The van der Waals surface area contributed by atoms with Crippen LogP contribution in [0.15, 0.2) is 53.4 Å². The van der Waals surface area contributed by atoms with Crippen LogP contribution in [-0.4, -0.2) is 62.9 Å². The standard InChI is InChI=1S/C23H28ClN3O4S/c24-22-4-2-1-3-19(22)17-26-11-9-18(10-12-26)23(28)25-20-5-7-21(8-6-20)32(29,30)27-13-15-31-16-14-27/h1-8,18H,9-17H2,(H,25,28). The predicted octanol–water partition coefficient (Wildman–Crippen LogP) is 3.21. The van der Waals surface area contributed by atoms with Crippen LogP contribution in [0.25, 0.3) is 0 Å². The summed E-state index contributed by atoms with van der Waals surface area (Å²) in [5, 5.41) is 3.71. The van der Waals surface area contributed by atoms with Crippen LogP contribution in [0.2, 0.25) is 5.02 Å². The highest BCUT2D eigenvalue weighted by Crippen LogP contribution is 2.24. The van der Waals surface area contributed by atoms with Gasteiger partial charge in [-0.3, -0.25) is 9.69 Å². The van der Waals surface area contributed by atoms with Gasteiger partial charge in [-0.25, -0.2) is 8.42 Å². The lowest BCUT2D eigenvalue weighted by atomic mass is 9.95. The molecule has 2 heterocycles. The van der Waals surface area contributed by atoms with Crippen LogP contribution >= 0.6 is 11.6 Å². The van der Waals surface area contributed by atoms with E-state index in [0.717, 1.165) is 43.1 Å². The van der Waals surface area contributed by atoms with Crippen LogP contribution in [0.5, 0.6) is 0 Å². The summed E-state index contributed by atoms with van der Waals surface area (Å²) in [4.78, 5) is 15.3. The van der Waals surface area contributed by atoms with E-state index in [-0.39, 0.29) is 16.7 Å². The van der Waals surface area contributed by atoms with E-state index in [2.05, 4.69) is 10.2 Å². The SMILES string of the molecule is O=C(Nc1ccc(S(=O)(=O)N2CCOCC2)cc1)C1CCN(Cc2ccccc2Cl)CC1. The molecule has 1 amide bonds. The van der Waals surface area contributed by atoms with E-state index in [0.29, 0.717) is 32.0 Å². The minimum absolute atomic E-state index is 0.0221. The van der Waals surface area contributed by atoms with Crippen LogP contribution in [0, 0.1) is 5.92 Å². The Balaban J connectivity index is 1.29. The van der Waals surface area contributed by atoms with Crippen LogP contribution in [-0.2, 0) is 26.1 Å². The molecular weight excluding hydrogens is 450 g/mol. The monoisotopic (exact) mass is 477 g/mol. The lowest BCUT2D eigenvalue weighted by Crippen LogP contribution is -2.40. The average Bonchev–Trinajstić information content (AvgIpc) is 2.82. The molecule has 2 aromatic rings. The Labute approximate surface area is 194 Å². The van der Waals surface area contributed by atoms with Gasteiger partial charge < -0.3 is 10.1 Å². The Morgan fingerprint density at radius 1 is 1.00 bits per heavy atom. The van der Waals surface area contributed by atoms with Gasteiger partial charge in [0.25, 0.3) is 0 Å². The molecule has 2 saturated heterocycles. The largest absolute Gasteiger partial charge is 0.379 e. The maximum atomic E-state index is 12.7. The number of likely N-dealkylation sites (tertiary alicyclic amines) is 1. The highest BCUT2D eigenvalue weighted by atomic mass is 35.5. The zero-order chi connectivity index (χ0) is 22.6. The molecule has 32 heavy (non-hydrogen) atoms. The molecule has 9 heteroatoms. The molecule has 2 fully saturated rings. The predicted molar refractivity (Wildman–Crippen MR) is 124 cm³/mol. The van der Waals surface area contributed by atoms with Crippen LogP contribution < -0.4 is 5.32 Å². The van der Waals surface area contributed by atoms with Gasteiger partial charge in [-0.15, -0.1) is 0 Å². The van der Waals surface area contributed by atoms with Gasteiger partial charge in [0.1, 0.15) is 0 Å². The highest BCUT2D eigenvalue weighted by Gasteiger charge is 2.27. The molecule has 0 unspecified atom stereocenters. The van der Waals surface area contributed by atoms with Gasteiger partial charge in [0.05, 0.1) is 18.1 Å². The third-order valence-electron chi connectivity index (χ3n) is 6.04. The third-order valence-corrected chi connectivity index (χ3v) is 8.32. The minimum Gasteiger partial charge on any atom is -0.379 e. The van der Waals surface area contributed by atoms with Crippen molar-refractivity contribution in [3.63, 3.8) is 0 Å². The number of halogens is 1. The molecule has 1 N–H and O–H groups in total. The number of anilines is 1. The molecule has 0 radical (unpaired) electrons. The van der Waals surface area contributed by atoms with E-state index in [1.54, 1.807) is 24.3 Å². The van der Waals surface area contributed by atoms with E-state index in [9.17, 15) is 13.2 Å². The van der Waals surface area contributed by atoms with Crippen molar-refractivity contribution in [1.29, 1.82) is 0 Å². The van der Waals surface area contributed by atoms with Crippen LogP contribution in [0.3, 0.4) is 0 Å². The number of hydrogen-bond acceptors (Lipinski definition) is 5. The number of ether oxygens (including phenoxy) is 1. The topological polar surface area (TPSA) is 79.0 Å². The number of sulfonamides is 1. The quantitative estimate of drug-likeness (QED) is 0.691. The van der Waals surface area contributed by atoms with Crippen molar-refractivity contribution in [1.82, 2.24) is 9.21 Å². The Hall–Kier alpha value is -1.97. The second-order valence-corrected chi connectivity index (χ2v) is 10.5. The second kappa shape index (κ2) is 10.3. The summed E-state index contributed by atoms with van der Waals surface area (Å²) < 4.78 is 32.1. The number of nitrogens with one attached hydrogen (secondary N) is 1. The smallest absolute Gasteiger partial charge is 0.243 e. The molecule has 172 valence electrons. The molecule has 7 nitrogen and oxygen atoms in total. The van der Waals surface area contributed by atoms with Crippen molar-refractivity contribution in [2.75, 3.05) is 44.7 Å². The molecule has 2 aliphatic rings. The number of carbonyl (C=O) groups is 1. The molecule has 2 aromatic carbocycles. The van der Waals surface area contributed by atoms with Gasteiger partial charge in [0.2, 0.25) is 15.9 Å². The number of morpholine rings is 1. The molecule has 0 spiro atoms. The number of carbonyl (C=O) groups excluding carboxylic acids is 1. The summed E-state index contributed by atoms with van der Waals surface area (Å²) >= 11 is 6.26. The van der Waals surface area contributed by atoms with Gasteiger partial charge in [0, 0.05) is 36.3 Å². The molecule has 0 aromatic heterocycles. The fourth-order valence-electron chi connectivity index (χ4n) is 4.11.